The largest absolute Gasteiger partial charge is 0.364 e. The van der Waals surface area contributed by atoms with Crippen molar-refractivity contribution in [3.05, 3.63) is 47.3 Å². The number of hydrogen-bond acceptors (Lipinski definition) is 3. The van der Waals surface area contributed by atoms with Gasteiger partial charge in [-0.3, -0.25) is 4.90 Å². The van der Waals surface area contributed by atoms with Crippen molar-refractivity contribution in [2.45, 2.75) is 39.3 Å². The Bertz CT molecular complexity index is 533. The molecule has 0 fully saturated rings. The van der Waals surface area contributed by atoms with Gasteiger partial charge in [0.15, 0.2) is 0 Å². The van der Waals surface area contributed by atoms with Crippen LogP contribution >= 0.6 is 0 Å². The van der Waals surface area contributed by atoms with Gasteiger partial charge in [0.1, 0.15) is 5.82 Å². The Balaban J connectivity index is 1.70. The number of rotatable bonds is 4. The van der Waals surface area contributed by atoms with E-state index in [4.69, 9.17) is 0 Å². The van der Waals surface area contributed by atoms with Crippen LogP contribution in [0.1, 0.15) is 36.1 Å². The lowest BCUT2D eigenvalue weighted by atomic mass is 10.1. The van der Waals surface area contributed by atoms with Gasteiger partial charge in [-0.2, -0.15) is 0 Å². The summed E-state index contributed by atoms with van der Waals surface area (Å²) in [6.45, 7) is 5.18. The molecule has 0 spiro atoms. The molecule has 1 aliphatic heterocycles. The molecule has 0 aromatic carbocycles. The second kappa shape index (κ2) is 5.53. The Kier molecular flexibility index (Phi) is 3.60. The number of hydrogen-bond donors (Lipinski definition) is 1. The first-order valence-corrected chi connectivity index (χ1v) is 7.03. The van der Waals surface area contributed by atoms with Crippen LogP contribution in [0.3, 0.4) is 0 Å². The van der Waals surface area contributed by atoms with E-state index in [1.54, 1.807) is 0 Å². The smallest absolute Gasteiger partial charge is 0.128 e. The summed E-state index contributed by atoms with van der Waals surface area (Å²) in [4.78, 5) is 14.9. The van der Waals surface area contributed by atoms with Gasteiger partial charge in [0.2, 0.25) is 0 Å². The lowest BCUT2D eigenvalue weighted by Gasteiger charge is -2.27. The minimum Gasteiger partial charge on any atom is -0.364 e. The molecular weight excluding hydrogens is 236 g/mol. The van der Waals surface area contributed by atoms with Crippen molar-refractivity contribution < 1.29 is 0 Å². The van der Waals surface area contributed by atoms with Gasteiger partial charge in [0, 0.05) is 61.8 Å². The monoisotopic (exact) mass is 256 g/mol. The number of H-pyrrole nitrogens is 1. The number of nitrogens with zero attached hydrogens (tertiary/aromatic N) is 3. The van der Waals surface area contributed by atoms with Gasteiger partial charge in [-0.25, -0.2) is 9.97 Å². The van der Waals surface area contributed by atoms with E-state index in [0.717, 1.165) is 44.7 Å². The van der Waals surface area contributed by atoms with Crippen molar-refractivity contribution in [1.82, 2.24) is 19.9 Å². The summed E-state index contributed by atoms with van der Waals surface area (Å²) in [5, 5.41) is 0. The van der Waals surface area contributed by atoms with Gasteiger partial charge >= 0.3 is 0 Å². The van der Waals surface area contributed by atoms with E-state index in [1.165, 1.54) is 17.0 Å². The summed E-state index contributed by atoms with van der Waals surface area (Å²) in [6, 6.07) is 4.18. The van der Waals surface area contributed by atoms with Crippen LogP contribution in [0, 0.1) is 0 Å². The van der Waals surface area contributed by atoms with Crippen LogP contribution in [0.5, 0.6) is 0 Å². The third kappa shape index (κ3) is 2.84. The third-order valence-corrected chi connectivity index (χ3v) is 3.59. The molecule has 4 nitrogen and oxygen atoms in total. The number of aromatic amines is 1. The van der Waals surface area contributed by atoms with Gasteiger partial charge in [-0.15, -0.1) is 0 Å². The van der Waals surface area contributed by atoms with Gasteiger partial charge in [0.25, 0.3) is 0 Å². The predicted octanol–water partition coefficient (Wildman–Crippen LogP) is 2.32. The first-order chi connectivity index (χ1) is 9.35. The fraction of sp³-hybridized carbons (Fsp3) is 0.467. The predicted molar refractivity (Wildman–Crippen MR) is 74.6 cm³/mol. The van der Waals surface area contributed by atoms with Crippen molar-refractivity contribution in [1.29, 1.82) is 0 Å². The Morgan fingerprint density at radius 1 is 1.42 bits per heavy atom. The summed E-state index contributed by atoms with van der Waals surface area (Å²) in [6.07, 6.45) is 7.13. The van der Waals surface area contributed by atoms with Gasteiger partial charge in [-0.05, 0) is 18.6 Å². The molecule has 2 aromatic heterocycles. The first-order valence-electron chi connectivity index (χ1n) is 7.03. The Morgan fingerprint density at radius 3 is 3.16 bits per heavy atom. The number of aryl methyl sites for hydroxylation is 1. The minimum absolute atomic E-state index is 0.959. The van der Waals surface area contributed by atoms with Crippen LogP contribution in [0.2, 0.25) is 0 Å². The Hall–Kier alpha value is -1.68. The Morgan fingerprint density at radius 2 is 2.37 bits per heavy atom. The van der Waals surface area contributed by atoms with Gasteiger partial charge < -0.3 is 4.98 Å². The first kappa shape index (κ1) is 12.4. The molecule has 3 heterocycles. The maximum absolute atomic E-state index is 4.69. The van der Waals surface area contributed by atoms with Crippen molar-refractivity contribution in [2.75, 3.05) is 6.54 Å². The SMILES string of the molecule is CCCc1ncc2c(n1)CCN(Cc1ccc[nH]1)C2. The zero-order valence-corrected chi connectivity index (χ0v) is 11.4. The van der Waals surface area contributed by atoms with Crippen molar-refractivity contribution in [3.63, 3.8) is 0 Å². The second-order valence-corrected chi connectivity index (χ2v) is 5.16. The van der Waals surface area contributed by atoms with E-state index in [0.29, 0.717) is 0 Å². The topological polar surface area (TPSA) is 44.8 Å². The molecule has 1 N–H and O–H groups in total. The normalized spacial score (nSPS) is 15.4. The van der Waals surface area contributed by atoms with Crippen LogP contribution in [0.25, 0.3) is 0 Å². The van der Waals surface area contributed by atoms with Crippen LogP contribution in [-0.2, 0) is 25.9 Å². The molecule has 0 unspecified atom stereocenters. The average molecular weight is 256 g/mol. The van der Waals surface area contributed by atoms with E-state index in [1.807, 2.05) is 18.5 Å². The molecule has 0 saturated heterocycles. The van der Waals surface area contributed by atoms with E-state index < -0.39 is 0 Å². The maximum atomic E-state index is 4.69. The van der Waals surface area contributed by atoms with Crippen LogP contribution in [0.15, 0.2) is 24.5 Å². The standard InChI is InChI=1S/C15H20N4/c1-2-4-15-17-9-12-10-19(8-6-14(12)18-15)11-13-5-3-7-16-13/h3,5,7,9,16H,2,4,6,8,10-11H2,1H3. The molecule has 100 valence electrons. The molecule has 0 amide bonds. The van der Waals surface area contributed by atoms with Crippen LogP contribution < -0.4 is 0 Å². The minimum atomic E-state index is 0.959. The highest BCUT2D eigenvalue weighted by atomic mass is 15.1. The molecule has 0 aliphatic carbocycles. The van der Waals surface area contributed by atoms with E-state index in [2.05, 4.69) is 32.8 Å². The van der Waals surface area contributed by atoms with E-state index in [9.17, 15) is 0 Å². The molecule has 0 bridgehead atoms. The molecule has 1 aliphatic rings. The molecule has 0 atom stereocenters. The third-order valence-electron chi connectivity index (χ3n) is 3.59. The summed E-state index contributed by atoms with van der Waals surface area (Å²) in [5.41, 5.74) is 3.81. The van der Waals surface area contributed by atoms with Crippen molar-refractivity contribution in [3.8, 4) is 0 Å². The van der Waals surface area contributed by atoms with Gasteiger partial charge in [0.05, 0.1) is 0 Å². The highest BCUT2D eigenvalue weighted by molar-refractivity contribution is 5.21. The molecule has 2 aromatic rings. The molecule has 0 saturated carbocycles. The highest BCUT2D eigenvalue weighted by Crippen LogP contribution is 2.18. The second-order valence-electron chi connectivity index (χ2n) is 5.16. The molecule has 3 rings (SSSR count). The van der Waals surface area contributed by atoms with Crippen molar-refractivity contribution >= 4 is 0 Å². The lowest BCUT2D eigenvalue weighted by Crippen LogP contribution is -2.31. The molecule has 19 heavy (non-hydrogen) atoms. The average Bonchev–Trinajstić information content (AvgIpc) is 2.92. The van der Waals surface area contributed by atoms with Crippen molar-refractivity contribution in [2.24, 2.45) is 0 Å². The van der Waals surface area contributed by atoms with Crippen LogP contribution in [-0.4, -0.2) is 26.4 Å². The van der Waals surface area contributed by atoms with Gasteiger partial charge in [-0.1, -0.05) is 6.92 Å². The number of aromatic nitrogens is 3. The summed E-state index contributed by atoms with van der Waals surface area (Å²) in [7, 11) is 0. The fourth-order valence-corrected chi connectivity index (χ4v) is 2.60. The number of fused-ring (bicyclic) bond motifs is 1. The summed E-state index contributed by atoms with van der Waals surface area (Å²) in [5.74, 6) is 0.999. The molecular formula is C15H20N4. The molecule has 4 heteroatoms. The number of nitrogens with one attached hydrogen (secondary N) is 1. The van der Waals surface area contributed by atoms with E-state index in [-0.39, 0.29) is 0 Å². The fourth-order valence-electron chi connectivity index (χ4n) is 2.60. The zero-order chi connectivity index (χ0) is 13.1. The molecule has 0 radical (unpaired) electrons. The lowest BCUT2D eigenvalue weighted by molar-refractivity contribution is 0.240. The summed E-state index contributed by atoms with van der Waals surface area (Å²) >= 11 is 0. The zero-order valence-electron chi connectivity index (χ0n) is 11.4. The Labute approximate surface area is 113 Å². The highest BCUT2D eigenvalue weighted by Gasteiger charge is 2.18. The summed E-state index contributed by atoms with van der Waals surface area (Å²) < 4.78 is 0. The quantitative estimate of drug-likeness (QED) is 0.913. The van der Waals surface area contributed by atoms with Crippen LogP contribution in [0.4, 0.5) is 0 Å². The maximum Gasteiger partial charge on any atom is 0.128 e. The van der Waals surface area contributed by atoms with E-state index >= 15 is 0 Å².